The van der Waals surface area contributed by atoms with Gasteiger partial charge in [-0.05, 0) is 55.8 Å². The van der Waals surface area contributed by atoms with Crippen LogP contribution in [-0.2, 0) is 6.54 Å². The lowest BCUT2D eigenvalue weighted by molar-refractivity contribution is -0.0143. The Morgan fingerprint density at radius 2 is 1.83 bits per heavy atom. The van der Waals surface area contributed by atoms with Gasteiger partial charge in [0.1, 0.15) is 0 Å². The highest BCUT2D eigenvalue weighted by Gasteiger charge is 2.47. The Hall–Kier alpha value is -0.610. The maximum absolute atomic E-state index is 11.1. The topological polar surface area (TPSA) is 44.9 Å². The fraction of sp³-hybridized carbons (Fsp3) is 0.786. The minimum Gasteiger partial charge on any atom is -0.315 e. The Labute approximate surface area is 111 Å². The maximum atomic E-state index is 11.1. The zero-order valence-corrected chi connectivity index (χ0v) is 11.3. The molecule has 0 radical (unpaired) electrons. The molecule has 1 aromatic rings. The summed E-state index contributed by atoms with van der Waals surface area (Å²) < 4.78 is 0. The van der Waals surface area contributed by atoms with Gasteiger partial charge in [-0.2, -0.15) is 0 Å². The Morgan fingerprint density at radius 3 is 2.39 bits per heavy atom. The monoisotopic (exact) mass is 264 g/mol. The van der Waals surface area contributed by atoms with Crippen LogP contribution >= 0.6 is 11.3 Å². The lowest BCUT2D eigenvalue weighted by Gasteiger charge is -2.54. The summed E-state index contributed by atoms with van der Waals surface area (Å²) in [6.07, 6.45) is 7.31. The van der Waals surface area contributed by atoms with Gasteiger partial charge in [-0.3, -0.25) is 4.79 Å². The molecule has 4 saturated carbocycles. The van der Waals surface area contributed by atoms with Gasteiger partial charge in [0.05, 0.1) is 0 Å². The van der Waals surface area contributed by atoms with Crippen LogP contribution in [0.1, 0.15) is 37.8 Å². The van der Waals surface area contributed by atoms with Crippen LogP contribution in [0.5, 0.6) is 0 Å². The van der Waals surface area contributed by atoms with E-state index in [9.17, 15) is 4.79 Å². The van der Waals surface area contributed by atoms with Crippen molar-refractivity contribution < 1.29 is 0 Å². The first-order valence-electron chi connectivity index (χ1n) is 7.18. The van der Waals surface area contributed by atoms with Crippen LogP contribution in [-0.4, -0.2) is 11.0 Å². The van der Waals surface area contributed by atoms with Crippen molar-refractivity contribution in [3.8, 4) is 0 Å². The van der Waals surface area contributed by atoms with Gasteiger partial charge >= 0.3 is 4.87 Å². The zero-order valence-electron chi connectivity index (χ0n) is 10.5. The predicted molar refractivity (Wildman–Crippen MR) is 72.6 cm³/mol. The quantitative estimate of drug-likeness (QED) is 0.880. The molecule has 98 valence electrons. The first-order chi connectivity index (χ1) is 8.78. The van der Waals surface area contributed by atoms with E-state index in [0.717, 1.165) is 35.9 Å². The Kier molecular flexibility index (Phi) is 2.62. The number of nitrogens with one attached hydrogen (secondary N) is 2. The molecular formula is C14H20N2OS. The minimum absolute atomic E-state index is 0.0666. The summed E-state index contributed by atoms with van der Waals surface area (Å²) in [6.45, 7) is 0.839. The fourth-order valence-corrected chi connectivity index (χ4v) is 5.47. The molecular weight excluding hydrogens is 244 g/mol. The van der Waals surface area contributed by atoms with Crippen LogP contribution in [0.15, 0.2) is 10.2 Å². The van der Waals surface area contributed by atoms with E-state index in [1.165, 1.54) is 43.4 Å². The van der Waals surface area contributed by atoms with Gasteiger partial charge in [-0.15, -0.1) is 0 Å². The van der Waals surface area contributed by atoms with Gasteiger partial charge in [0.15, 0.2) is 0 Å². The number of aromatic amines is 1. The molecule has 4 fully saturated rings. The van der Waals surface area contributed by atoms with E-state index in [2.05, 4.69) is 10.3 Å². The third-order valence-corrected chi connectivity index (χ3v) is 6.04. The summed E-state index contributed by atoms with van der Waals surface area (Å²) in [5.74, 6) is 3.89. The first kappa shape index (κ1) is 11.2. The summed E-state index contributed by atoms with van der Waals surface area (Å²) in [4.78, 5) is 14.1. The number of thiazole rings is 1. The van der Waals surface area contributed by atoms with Crippen LogP contribution in [0.4, 0.5) is 0 Å². The molecule has 0 amide bonds. The van der Waals surface area contributed by atoms with Crippen molar-refractivity contribution >= 4 is 11.3 Å². The second-order valence-corrected chi connectivity index (χ2v) is 7.35. The first-order valence-corrected chi connectivity index (χ1v) is 8.06. The number of H-pyrrole nitrogens is 1. The fourth-order valence-electron chi connectivity index (χ4n) is 4.89. The molecule has 4 bridgehead atoms. The molecule has 0 atom stereocenters. The van der Waals surface area contributed by atoms with Crippen LogP contribution < -0.4 is 10.2 Å². The summed E-state index contributed by atoms with van der Waals surface area (Å²) in [5, 5.41) is 5.68. The van der Waals surface area contributed by atoms with E-state index in [4.69, 9.17) is 0 Å². The molecule has 4 aliphatic carbocycles. The highest BCUT2D eigenvalue weighted by molar-refractivity contribution is 7.07. The molecule has 4 heteroatoms. The summed E-state index contributed by atoms with van der Waals surface area (Å²) in [7, 11) is 0. The van der Waals surface area contributed by atoms with Gasteiger partial charge in [0, 0.05) is 23.7 Å². The predicted octanol–water partition coefficient (Wildman–Crippen LogP) is 2.35. The summed E-state index contributed by atoms with van der Waals surface area (Å²) in [6, 6.07) is 0.709. The van der Waals surface area contributed by atoms with Crippen molar-refractivity contribution in [1.82, 2.24) is 10.3 Å². The van der Waals surface area contributed by atoms with Gasteiger partial charge in [-0.1, -0.05) is 11.3 Å². The summed E-state index contributed by atoms with van der Waals surface area (Å²) >= 11 is 1.27. The van der Waals surface area contributed by atoms with Crippen molar-refractivity contribution in [2.45, 2.75) is 44.7 Å². The van der Waals surface area contributed by atoms with Crippen molar-refractivity contribution in [2.75, 3.05) is 0 Å². The third kappa shape index (κ3) is 1.86. The molecule has 1 heterocycles. The number of rotatable bonds is 3. The molecule has 4 aliphatic rings. The molecule has 18 heavy (non-hydrogen) atoms. The maximum Gasteiger partial charge on any atom is 0.304 e. The van der Waals surface area contributed by atoms with E-state index >= 15 is 0 Å². The van der Waals surface area contributed by atoms with Crippen molar-refractivity contribution in [3.05, 3.63) is 20.7 Å². The Morgan fingerprint density at radius 1 is 1.17 bits per heavy atom. The normalized spacial score (nSPS) is 41.4. The standard InChI is InChI=1S/C14H20N2OS/c17-14-16-12(7-18-14)6-15-13-10-2-8-1-9(4-10)5-11(13)3-8/h7-11,13,15H,1-6H2,(H,16,17). The van der Waals surface area contributed by atoms with E-state index in [0.29, 0.717) is 6.04 Å². The molecule has 0 aromatic carbocycles. The van der Waals surface area contributed by atoms with Crippen LogP contribution in [0.25, 0.3) is 0 Å². The van der Waals surface area contributed by atoms with Crippen LogP contribution in [0.2, 0.25) is 0 Å². The van der Waals surface area contributed by atoms with Gasteiger partial charge in [-0.25, -0.2) is 0 Å². The largest absolute Gasteiger partial charge is 0.315 e. The molecule has 0 spiro atoms. The van der Waals surface area contributed by atoms with Crippen molar-refractivity contribution in [2.24, 2.45) is 23.7 Å². The summed E-state index contributed by atoms with van der Waals surface area (Å²) in [5.41, 5.74) is 1.05. The van der Waals surface area contributed by atoms with E-state index in [1.807, 2.05) is 5.38 Å². The molecule has 1 aromatic heterocycles. The van der Waals surface area contributed by atoms with Gasteiger partial charge in [0.25, 0.3) is 0 Å². The number of aromatic nitrogens is 1. The lowest BCUT2D eigenvalue weighted by atomic mass is 9.54. The minimum atomic E-state index is 0.0666. The second kappa shape index (κ2) is 4.20. The zero-order chi connectivity index (χ0) is 12.1. The van der Waals surface area contributed by atoms with Crippen LogP contribution in [0.3, 0.4) is 0 Å². The van der Waals surface area contributed by atoms with Crippen molar-refractivity contribution in [1.29, 1.82) is 0 Å². The van der Waals surface area contributed by atoms with E-state index in [1.54, 1.807) is 0 Å². The molecule has 0 aliphatic heterocycles. The smallest absolute Gasteiger partial charge is 0.304 e. The molecule has 2 N–H and O–H groups in total. The Bertz CT molecular complexity index is 464. The second-order valence-electron chi connectivity index (χ2n) is 6.51. The molecule has 5 rings (SSSR count). The van der Waals surface area contributed by atoms with Crippen molar-refractivity contribution in [3.63, 3.8) is 0 Å². The van der Waals surface area contributed by atoms with E-state index in [-0.39, 0.29) is 4.87 Å². The molecule has 0 saturated heterocycles. The lowest BCUT2D eigenvalue weighted by Crippen LogP contribution is -2.54. The Balaban J connectivity index is 1.44. The molecule has 0 unspecified atom stereocenters. The average Bonchev–Trinajstić information content (AvgIpc) is 2.73. The SMILES string of the molecule is O=c1[nH]c(CNC2C3CC4CC(C3)CC2C4)cs1. The third-order valence-electron chi connectivity index (χ3n) is 5.33. The van der Waals surface area contributed by atoms with Gasteiger partial charge in [0.2, 0.25) is 0 Å². The highest BCUT2D eigenvalue weighted by Crippen LogP contribution is 2.53. The highest BCUT2D eigenvalue weighted by atomic mass is 32.1. The average molecular weight is 264 g/mol. The molecule has 3 nitrogen and oxygen atoms in total. The van der Waals surface area contributed by atoms with E-state index < -0.39 is 0 Å². The van der Waals surface area contributed by atoms with Gasteiger partial charge < -0.3 is 10.3 Å². The number of hydrogen-bond acceptors (Lipinski definition) is 3. The van der Waals surface area contributed by atoms with Crippen LogP contribution in [0, 0.1) is 23.7 Å². The number of hydrogen-bond donors (Lipinski definition) is 2.